The molecule has 0 amide bonds. The van der Waals surface area contributed by atoms with Crippen molar-refractivity contribution in [2.45, 2.75) is 0 Å². The van der Waals surface area contributed by atoms with E-state index >= 15 is 0 Å². The predicted molar refractivity (Wildman–Crippen MR) is 59.2 cm³/mol. The van der Waals surface area contributed by atoms with E-state index in [1.807, 2.05) is 6.07 Å². The molecule has 1 aromatic heterocycles. The Morgan fingerprint density at radius 3 is 2.60 bits per heavy atom. The van der Waals surface area contributed by atoms with Gasteiger partial charge in [0.1, 0.15) is 11.6 Å². The van der Waals surface area contributed by atoms with Crippen LogP contribution >= 0.6 is 11.3 Å². The second-order valence-electron chi connectivity index (χ2n) is 3.04. The van der Waals surface area contributed by atoms with Crippen LogP contribution in [0.4, 0.5) is 13.8 Å². The van der Waals surface area contributed by atoms with E-state index in [0.29, 0.717) is 5.56 Å². The van der Waals surface area contributed by atoms with Gasteiger partial charge in [-0.3, -0.25) is 0 Å². The van der Waals surface area contributed by atoms with E-state index in [2.05, 4.69) is 5.32 Å². The fraction of sp³-hybridized carbons (Fsp3) is 0.0909. The maximum Gasteiger partial charge on any atom is 0.132 e. The summed E-state index contributed by atoms with van der Waals surface area (Å²) in [6.45, 7) is 0. The van der Waals surface area contributed by atoms with E-state index in [4.69, 9.17) is 0 Å². The second kappa shape index (κ2) is 3.98. The zero-order chi connectivity index (χ0) is 10.8. The van der Waals surface area contributed by atoms with Gasteiger partial charge in [0, 0.05) is 17.5 Å². The third-order valence-electron chi connectivity index (χ3n) is 2.05. The van der Waals surface area contributed by atoms with Gasteiger partial charge < -0.3 is 5.32 Å². The Bertz CT molecular complexity index is 479. The highest BCUT2D eigenvalue weighted by Crippen LogP contribution is 2.32. The zero-order valence-electron chi connectivity index (χ0n) is 8.05. The third-order valence-corrected chi connectivity index (χ3v) is 3.18. The summed E-state index contributed by atoms with van der Waals surface area (Å²) < 4.78 is 26.3. The van der Waals surface area contributed by atoms with Crippen LogP contribution in [0, 0.1) is 11.6 Å². The molecule has 0 radical (unpaired) electrons. The first-order valence-corrected chi connectivity index (χ1v) is 5.25. The van der Waals surface area contributed by atoms with Gasteiger partial charge in [0.15, 0.2) is 0 Å². The van der Waals surface area contributed by atoms with Crippen LogP contribution in [0.15, 0.2) is 30.3 Å². The number of hydrogen-bond acceptors (Lipinski definition) is 2. The van der Waals surface area contributed by atoms with Gasteiger partial charge >= 0.3 is 0 Å². The van der Waals surface area contributed by atoms with E-state index in [1.54, 1.807) is 13.1 Å². The first-order chi connectivity index (χ1) is 7.20. The number of anilines is 1. The smallest absolute Gasteiger partial charge is 0.132 e. The topological polar surface area (TPSA) is 12.0 Å². The lowest BCUT2D eigenvalue weighted by molar-refractivity contribution is 0.603. The highest BCUT2D eigenvalue weighted by Gasteiger charge is 2.08. The molecule has 1 N–H and O–H groups in total. The first kappa shape index (κ1) is 10.1. The standard InChI is InChI=1S/C11H9F2NS/c1-14-11-5-4-10(15-11)8-6-7(12)2-3-9(8)13/h2-6,14H,1H3. The van der Waals surface area contributed by atoms with Crippen LogP contribution in [-0.2, 0) is 0 Å². The van der Waals surface area contributed by atoms with E-state index in [-0.39, 0.29) is 0 Å². The Balaban J connectivity index is 2.48. The number of halogens is 2. The summed E-state index contributed by atoms with van der Waals surface area (Å²) in [5.74, 6) is -0.827. The molecule has 0 aliphatic rings. The normalized spacial score (nSPS) is 10.3. The molecule has 78 valence electrons. The molecule has 0 saturated heterocycles. The summed E-state index contributed by atoms with van der Waals surface area (Å²) in [6.07, 6.45) is 0. The number of nitrogens with one attached hydrogen (secondary N) is 1. The molecule has 0 atom stereocenters. The van der Waals surface area contributed by atoms with Gasteiger partial charge in [0.05, 0.1) is 5.00 Å². The molecule has 0 spiro atoms. The zero-order valence-corrected chi connectivity index (χ0v) is 8.87. The molecule has 0 bridgehead atoms. The van der Waals surface area contributed by atoms with Crippen molar-refractivity contribution >= 4 is 16.3 Å². The lowest BCUT2D eigenvalue weighted by Crippen LogP contribution is -1.83. The summed E-state index contributed by atoms with van der Waals surface area (Å²) in [4.78, 5) is 0.719. The average molecular weight is 225 g/mol. The van der Waals surface area contributed by atoms with Crippen LogP contribution < -0.4 is 5.32 Å². The van der Waals surface area contributed by atoms with Gasteiger partial charge in [-0.05, 0) is 30.3 Å². The quantitative estimate of drug-likeness (QED) is 0.821. The molecule has 4 heteroatoms. The van der Waals surface area contributed by atoms with Gasteiger partial charge in [-0.15, -0.1) is 11.3 Å². The summed E-state index contributed by atoms with van der Waals surface area (Å²) in [7, 11) is 1.79. The van der Waals surface area contributed by atoms with Crippen molar-refractivity contribution in [3.05, 3.63) is 42.0 Å². The molecule has 1 aromatic carbocycles. The molecule has 0 aliphatic heterocycles. The molecular formula is C11H9F2NS. The molecule has 2 rings (SSSR count). The molecular weight excluding hydrogens is 216 g/mol. The second-order valence-corrected chi connectivity index (χ2v) is 4.12. The Hall–Kier alpha value is -1.42. The van der Waals surface area contributed by atoms with E-state index in [0.717, 1.165) is 22.0 Å². The lowest BCUT2D eigenvalue weighted by atomic mass is 10.2. The van der Waals surface area contributed by atoms with E-state index in [9.17, 15) is 8.78 Å². The van der Waals surface area contributed by atoms with Crippen LogP contribution in [0.3, 0.4) is 0 Å². The van der Waals surface area contributed by atoms with Crippen molar-refractivity contribution in [1.29, 1.82) is 0 Å². The van der Waals surface area contributed by atoms with Crippen LogP contribution in [0.2, 0.25) is 0 Å². The van der Waals surface area contributed by atoms with Gasteiger partial charge in [0.25, 0.3) is 0 Å². The fourth-order valence-electron chi connectivity index (χ4n) is 1.30. The summed E-state index contributed by atoms with van der Waals surface area (Å²) in [6, 6.07) is 7.08. The van der Waals surface area contributed by atoms with Crippen LogP contribution in [0.5, 0.6) is 0 Å². The Morgan fingerprint density at radius 1 is 1.13 bits per heavy atom. The van der Waals surface area contributed by atoms with Crippen LogP contribution in [0.25, 0.3) is 10.4 Å². The summed E-state index contributed by atoms with van der Waals surface area (Å²) in [5, 5.41) is 3.88. The minimum Gasteiger partial charge on any atom is -0.380 e. The van der Waals surface area contributed by atoms with Crippen molar-refractivity contribution in [1.82, 2.24) is 0 Å². The predicted octanol–water partition coefficient (Wildman–Crippen LogP) is 3.74. The van der Waals surface area contributed by atoms with Crippen molar-refractivity contribution in [2.24, 2.45) is 0 Å². The lowest BCUT2D eigenvalue weighted by Gasteiger charge is -1.99. The Morgan fingerprint density at radius 2 is 1.93 bits per heavy atom. The maximum atomic E-state index is 13.4. The SMILES string of the molecule is CNc1ccc(-c2cc(F)ccc2F)s1. The number of thiophene rings is 1. The molecule has 1 nitrogen and oxygen atoms in total. The van der Waals surface area contributed by atoms with Crippen molar-refractivity contribution in [3.8, 4) is 10.4 Å². The summed E-state index contributed by atoms with van der Waals surface area (Å²) in [5.41, 5.74) is 0.307. The van der Waals surface area contributed by atoms with Crippen LogP contribution in [-0.4, -0.2) is 7.05 Å². The van der Waals surface area contributed by atoms with E-state index in [1.165, 1.54) is 17.4 Å². The Kier molecular flexibility index (Phi) is 2.68. The van der Waals surface area contributed by atoms with Crippen molar-refractivity contribution in [3.63, 3.8) is 0 Å². The number of benzene rings is 1. The molecule has 1 heterocycles. The molecule has 0 fully saturated rings. The highest BCUT2D eigenvalue weighted by molar-refractivity contribution is 7.19. The highest BCUT2D eigenvalue weighted by atomic mass is 32.1. The minimum atomic E-state index is -0.425. The molecule has 0 unspecified atom stereocenters. The minimum absolute atomic E-state index is 0.307. The van der Waals surface area contributed by atoms with E-state index < -0.39 is 11.6 Å². The van der Waals surface area contributed by atoms with Crippen molar-refractivity contribution < 1.29 is 8.78 Å². The molecule has 15 heavy (non-hydrogen) atoms. The number of hydrogen-bond donors (Lipinski definition) is 1. The molecule has 0 saturated carbocycles. The average Bonchev–Trinajstić information content (AvgIpc) is 2.70. The van der Waals surface area contributed by atoms with Gasteiger partial charge in [-0.25, -0.2) is 8.78 Å². The Labute approximate surface area is 90.4 Å². The monoisotopic (exact) mass is 225 g/mol. The van der Waals surface area contributed by atoms with Crippen LogP contribution in [0.1, 0.15) is 0 Å². The first-order valence-electron chi connectivity index (χ1n) is 4.43. The molecule has 2 aromatic rings. The largest absolute Gasteiger partial charge is 0.380 e. The van der Waals surface area contributed by atoms with Gasteiger partial charge in [-0.1, -0.05) is 0 Å². The summed E-state index contributed by atoms with van der Waals surface area (Å²) >= 11 is 1.39. The molecule has 0 aliphatic carbocycles. The fourth-order valence-corrected chi connectivity index (χ4v) is 2.18. The van der Waals surface area contributed by atoms with Gasteiger partial charge in [-0.2, -0.15) is 0 Å². The maximum absolute atomic E-state index is 13.4. The number of rotatable bonds is 2. The van der Waals surface area contributed by atoms with Gasteiger partial charge in [0.2, 0.25) is 0 Å². The van der Waals surface area contributed by atoms with Crippen molar-refractivity contribution in [2.75, 3.05) is 12.4 Å². The third kappa shape index (κ3) is 1.99.